The van der Waals surface area contributed by atoms with Crippen LogP contribution in [0.25, 0.3) is 0 Å². The van der Waals surface area contributed by atoms with Gasteiger partial charge in [-0.3, -0.25) is 0 Å². The molecule has 1 N–H and O–H groups in total. The third-order valence-electron chi connectivity index (χ3n) is 4.62. The standard InChI is InChI=1S/C21H25NO4SSi/c1-6-20(28(3,4)5)21(16-9-12-18-19(13-16)26-14-25-18)22-27(23,24)17-10-7-15(2)8-11-17/h7-13,21-22H,1,14H2,2-5H3/t21-/m1/s1. The second-order valence-corrected chi connectivity index (χ2v) is 14.6. The summed E-state index contributed by atoms with van der Waals surface area (Å²) >= 11 is 0. The predicted octanol–water partition coefficient (Wildman–Crippen LogP) is 4.33. The van der Waals surface area contributed by atoms with Crippen molar-refractivity contribution in [3.63, 3.8) is 0 Å². The van der Waals surface area contributed by atoms with Crippen LogP contribution in [0.15, 0.2) is 64.9 Å². The lowest BCUT2D eigenvalue weighted by molar-refractivity contribution is 0.174. The Morgan fingerprint density at radius 1 is 1.11 bits per heavy atom. The molecular weight excluding hydrogens is 390 g/mol. The molecule has 0 amide bonds. The van der Waals surface area contributed by atoms with E-state index < -0.39 is 24.1 Å². The van der Waals surface area contributed by atoms with Crippen LogP contribution >= 0.6 is 0 Å². The number of ether oxygens (including phenoxy) is 2. The van der Waals surface area contributed by atoms with Crippen molar-refractivity contribution in [2.24, 2.45) is 0 Å². The molecule has 0 unspecified atom stereocenters. The van der Waals surface area contributed by atoms with Crippen LogP contribution in [0.2, 0.25) is 19.6 Å². The Hall–Kier alpha value is -2.31. The zero-order chi connectivity index (χ0) is 20.5. The summed E-state index contributed by atoms with van der Waals surface area (Å²) in [4.78, 5) is 0.225. The van der Waals surface area contributed by atoms with Crippen LogP contribution in [0.1, 0.15) is 17.2 Å². The zero-order valence-corrected chi connectivity index (χ0v) is 18.4. The number of benzene rings is 2. The topological polar surface area (TPSA) is 64.6 Å². The highest BCUT2D eigenvalue weighted by atomic mass is 32.2. The van der Waals surface area contributed by atoms with Crippen LogP contribution in [-0.2, 0) is 10.0 Å². The molecule has 148 valence electrons. The minimum absolute atomic E-state index is 0.163. The SMILES string of the molecule is C=C=C([C@H](NS(=O)(=O)c1ccc(C)cc1)c1ccc2c(c1)OCO2)[Si](C)(C)C. The first kappa shape index (κ1) is 20.4. The van der Waals surface area contributed by atoms with Gasteiger partial charge >= 0.3 is 0 Å². The van der Waals surface area contributed by atoms with E-state index in [0.29, 0.717) is 11.5 Å². The Balaban J connectivity index is 2.06. The van der Waals surface area contributed by atoms with Crippen molar-refractivity contribution in [2.45, 2.75) is 37.5 Å². The van der Waals surface area contributed by atoms with Crippen molar-refractivity contribution >= 4 is 18.1 Å². The second kappa shape index (κ2) is 7.60. The fourth-order valence-corrected chi connectivity index (χ4v) is 6.06. The molecule has 1 heterocycles. The third-order valence-corrected chi connectivity index (χ3v) is 8.14. The van der Waals surface area contributed by atoms with E-state index in [-0.39, 0.29) is 11.7 Å². The van der Waals surface area contributed by atoms with Crippen LogP contribution in [0.5, 0.6) is 11.5 Å². The van der Waals surface area contributed by atoms with Crippen LogP contribution < -0.4 is 14.2 Å². The number of fused-ring (bicyclic) bond motifs is 1. The van der Waals surface area contributed by atoms with Crippen molar-refractivity contribution in [1.29, 1.82) is 0 Å². The third kappa shape index (κ3) is 4.23. The second-order valence-electron chi connectivity index (χ2n) is 7.82. The molecule has 2 aromatic carbocycles. The summed E-state index contributed by atoms with van der Waals surface area (Å²) in [6.07, 6.45) is 0. The normalized spacial score (nSPS) is 14.4. The summed E-state index contributed by atoms with van der Waals surface area (Å²) in [6, 6.07) is 11.7. The van der Waals surface area contributed by atoms with Crippen LogP contribution in [0.3, 0.4) is 0 Å². The van der Waals surface area contributed by atoms with Gasteiger partial charge in [-0.25, -0.2) is 8.42 Å². The molecule has 5 nitrogen and oxygen atoms in total. The molecule has 0 saturated carbocycles. The molecule has 0 radical (unpaired) electrons. The van der Waals surface area contributed by atoms with Gasteiger partial charge in [0.25, 0.3) is 0 Å². The fraction of sp³-hybridized carbons (Fsp3) is 0.286. The van der Waals surface area contributed by atoms with E-state index in [2.05, 4.69) is 36.7 Å². The van der Waals surface area contributed by atoms with Gasteiger partial charge in [-0.15, -0.1) is 5.73 Å². The fourth-order valence-electron chi connectivity index (χ4n) is 3.13. The summed E-state index contributed by atoms with van der Waals surface area (Å²) in [5, 5.41) is 0.877. The molecule has 1 aliphatic heterocycles. The first-order valence-corrected chi connectivity index (χ1v) is 14.0. The van der Waals surface area contributed by atoms with Crippen LogP contribution in [0, 0.1) is 6.92 Å². The highest BCUT2D eigenvalue weighted by Crippen LogP contribution is 2.37. The Morgan fingerprint density at radius 3 is 2.36 bits per heavy atom. The van der Waals surface area contributed by atoms with Gasteiger partial charge in [-0.05, 0) is 41.9 Å². The highest BCUT2D eigenvalue weighted by molar-refractivity contribution is 7.89. The lowest BCUT2D eigenvalue weighted by atomic mass is 10.1. The highest BCUT2D eigenvalue weighted by Gasteiger charge is 2.32. The molecule has 0 saturated heterocycles. The first-order valence-electron chi connectivity index (χ1n) is 9.01. The van der Waals surface area contributed by atoms with E-state index in [1.54, 1.807) is 30.3 Å². The van der Waals surface area contributed by atoms with Gasteiger partial charge in [0, 0.05) is 0 Å². The number of hydrogen-bond acceptors (Lipinski definition) is 4. The summed E-state index contributed by atoms with van der Waals surface area (Å²) in [6.45, 7) is 12.3. The van der Waals surface area contributed by atoms with E-state index >= 15 is 0 Å². The van der Waals surface area contributed by atoms with Crippen molar-refractivity contribution in [2.75, 3.05) is 6.79 Å². The molecule has 7 heteroatoms. The Labute approximate surface area is 167 Å². The Bertz CT molecular complexity index is 1030. The Morgan fingerprint density at radius 2 is 1.75 bits per heavy atom. The first-order chi connectivity index (χ1) is 13.1. The van der Waals surface area contributed by atoms with Gasteiger partial charge in [-0.2, -0.15) is 4.72 Å². The maximum absolute atomic E-state index is 13.1. The smallest absolute Gasteiger partial charge is 0.241 e. The average Bonchev–Trinajstić information content (AvgIpc) is 3.08. The number of nitrogens with one attached hydrogen (secondary N) is 1. The number of sulfonamides is 1. The van der Waals surface area contributed by atoms with Gasteiger partial charge in [0.2, 0.25) is 16.8 Å². The van der Waals surface area contributed by atoms with Crippen molar-refractivity contribution in [3.05, 3.63) is 71.1 Å². The van der Waals surface area contributed by atoms with Crippen LogP contribution in [0.4, 0.5) is 0 Å². The van der Waals surface area contributed by atoms with E-state index in [9.17, 15) is 8.42 Å². The number of aryl methyl sites for hydroxylation is 1. The maximum atomic E-state index is 13.1. The average molecular weight is 416 g/mol. The summed E-state index contributed by atoms with van der Waals surface area (Å²) < 4.78 is 39.9. The molecule has 0 aromatic heterocycles. The Kier molecular flexibility index (Phi) is 5.54. The molecule has 0 spiro atoms. The van der Waals surface area contributed by atoms with E-state index in [4.69, 9.17) is 9.47 Å². The molecule has 0 fully saturated rings. The molecule has 28 heavy (non-hydrogen) atoms. The molecular formula is C21H25NO4SSi. The lowest BCUT2D eigenvalue weighted by Gasteiger charge is -2.28. The van der Waals surface area contributed by atoms with Gasteiger partial charge in [0.05, 0.1) is 19.0 Å². The molecule has 3 rings (SSSR count). The van der Waals surface area contributed by atoms with E-state index in [1.165, 1.54) is 0 Å². The number of rotatable bonds is 6. The number of hydrogen-bond donors (Lipinski definition) is 1. The minimum Gasteiger partial charge on any atom is -0.454 e. The molecule has 0 bridgehead atoms. The van der Waals surface area contributed by atoms with Crippen molar-refractivity contribution in [3.8, 4) is 11.5 Å². The van der Waals surface area contributed by atoms with Crippen LogP contribution in [-0.4, -0.2) is 23.3 Å². The minimum atomic E-state index is -3.74. The zero-order valence-electron chi connectivity index (χ0n) is 16.6. The van der Waals surface area contributed by atoms with Crippen molar-refractivity contribution in [1.82, 2.24) is 4.72 Å². The van der Waals surface area contributed by atoms with Gasteiger partial charge in [-0.1, -0.05) is 50.0 Å². The molecule has 1 atom stereocenters. The van der Waals surface area contributed by atoms with Gasteiger partial charge in [0.15, 0.2) is 11.5 Å². The molecule has 1 aliphatic rings. The largest absolute Gasteiger partial charge is 0.454 e. The summed E-state index contributed by atoms with van der Waals surface area (Å²) in [5.74, 6) is 1.26. The van der Waals surface area contributed by atoms with E-state index in [0.717, 1.165) is 16.3 Å². The van der Waals surface area contributed by atoms with Gasteiger partial charge in [0.1, 0.15) is 0 Å². The lowest BCUT2D eigenvalue weighted by Crippen LogP contribution is -2.37. The van der Waals surface area contributed by atoms with E-state index in [1.807, 2.05) is 19.1 Å². The molecule has 2 aromatic rings. The maximum Gasteiger partial charge on any atom is 0.241 e. The van der Waals surface area contributed by atoms with Gasteiger partial charge < -0.3 is 9.47 Å². The monoisotopic (exact) mass is 415 g/mol. The predicted molar refractivity (Wildman–Crippen MR) is 113 cm³/mol. The van der Waals surface area contributed by atoms with Crippen molar-refractivity contribution < 1.29 is 17.9 Å². The quantitative estimate of drug-likeness (QED) is 0.563. The summed E-state index contributed by atoms with van der Waals surface area (Å²) in [5.41, 5.74) is 4.79. The molecule has 0 aliphatic carbocycles. The summed E-state index contributed by atoms with van der Waals surface area (Å²) in [7, 11) is -5.67.